The molecule has 0 aromatic carbocycles. The first-order valence-corrected chi connectivity index (χ1v) is 5.08. The van der Waals surface area contributed by atoms with Crippen molar-refractivity contribution in [2.45, 2.75) is 53.9 Å². The van der Waals surface area contributed by atoms with Crippen LogP contribution in [0.3, 0.4) is 0 Å². The van der Waals surface area contributed by atoms with Crippen molar-refractivity contribution in [3.8, 4) is 0 Å². The van der Waals surface area contributed by atoms with Gasteiger partial charge in [-0.3, -0.25) is 0 Å². The largest absolute Gasteiger partial charge is 0.330 e. The van der Waals surface area contributed by atoms with E-state index in [0.717, 1.165) is 18.4 Å². The van der Waals surface area contributed by atoms with E-state index in [1.54, 1.807) is 0 Å². The molecule has 1 aliphatic rings. The van der Waals surface area contributed by atoms with Gasteiger partial charge in [-0.25, -0.2) is 0 Å². The topological polar surface area (TPSA) is 26.0 Å². The van der Waals surface area contributed by atoms with Gasteiger partial charge in [0.15, 0.2) is 0 Å². The molecule has 2 N–H and O–H groups in total. The van der Waals surface area contributed by atoms with Crippen molar-refractivity contribution in [1.82, 2.24) is 0 Å². The van der Waals surface area contributed by atoms with Gasteiger partial charge < -0.3 is 5.73 Å². The quantitative estimate of drug-likeness (QED) is 0.680. The van der Waals surface area contributed by atoms with E-state index in [4.69, 9.17) is 5.73 Å². The number of hydrogen-bond acceptors (Lipinski definition) is 1. The molecular formula is C11H27N. The Balaban J connectivity index is 0. The van der Waals surface area contributed by atoms with Crippen molar-refractivity contribution in [3.63, 3.8) is 0 Å². The van der Waals surface area contributed by atoms with E-state index >= 15 is 0 Å². The Morgan fingerprint density at radius 2 is 1.67 bits per heavy atom. The summed E-state index contributed by atoms with van der Waals surface area (Å²) in [5.74, 6) is 1.81. The normalized spacial score (nSPS) is 27.0. The van der Waals surface area contributed by atoms with Gasteiger partial charge in [0.2, 0.25) is 0 Å². The Labute approximate surface area is 78.7 Å². The molecule has 12 heavy (non-hydrogen) atoms. The third kappa shape index (κ3) is 4.10. The Morgan fingerprint density at radius 3 is 2.00 bits per heavy atom. The third-order valence-electron chi connectivity index (χ3n) is 2.64. The van der Waals surface area contributed by atoms with Gasteiger partial charge in [0, 0.05) is 0 Å². The van der Waals surface area contributed by atoms with E-state index in [9.17, 15) is 0 Å². The van der Waals surface area contributed by atoms with Crippen LogP contribution in [0.2, 0.25) is 0 Å². The maximum absolute atomic E-state index is 5.60. The lowest BCUT2D eigenvalue weighted by atomic mass is 9.94. The summed E-state index contributed by atoms with van der Waals surface area (Å²) in [6.45, 7) is 7.19. The molecule has 1 rings (SSSR count). The van der Waals surface area contributed by atoms with E-state index in [-0.39, 0.29) is 7.43 Å². The maximum Gasteiger partial charge on any atom is -0.00462 e. The first-order chi connectivity index (χ1) is 5.38. The number of rotatable bonds is 2. The second-order valence-corrected chi connectivity index (χ2v) is 3.10. The molecule has 0 aromatic rings. The van der Waals surface area contributed by atoms with Gasteiger partial charge in [0.05, 0.1) is 0 Å². The predicted octanol–water partition coefficient (Wildman–Crippen LogP) is 3.43. The molecule has 2 unspecified atom stereocenters. The Bertz CT molecular complexity index is 71.1. The molecule has 0 spiro atoms. The standard InChI is InChI=1S/C8H17N.C2H6.CH4/c1-2-7-4-3-5-8(7)6-9;1-2;/h7-8H,2-6,9H2,1H3;1-2H3;1H4. The zero-order chi connectivity index (χ0) is 8.69. The van der Waals surface area contributed by atoms with E-state index < -0.39 is 0 Å². The first kappa shape index (κ1) is 14.5. The molecule has 1 heteroatoms. The summed E-state index contributed by atoms with van der Waals surface area (Å²) in [7, 11) is 0. The number of hydrogen-bond donors (Lipinski definition) is 1. The molecule has 1 nitrogen and oxygen atoms in total. The van der Waals surface area contributed by atoms with E-state index in [2.05, 4.69) is 6.92 Å². The third-order valence-corrected chi connectivity index (χ3v) is 2.64. The highest BCUT2D eigenvalue weighted by Crippen LogP contribution is 2.32. The van der Waals surface area contributed by atoms with Crippen LogP contribution in [-0.4, -0.2) is 6.54 Å². The van der Waals surface area contributed by atoms with Crippen molar-refractivity contribution in [3.05, 3.63) is 0 Å². The van der Waals surface area contributed by atoms with Gasteiger partial charge in [-0.15, -0.1) is 0 Å². The van der Waals surface area contributed by atoms with Crippen LogP contribution in [0.15, 0.2) is 0 Å². The van der Waals surface area contributed by atoms with Gasteiger partial charge in [0.25, 0.3) is 0 Å². The first-order valence-electron chi connectivity index (χ1n) is 5.08. The fourth-order valence-electron chi connectivity index (χ4n) is 1.96. The second kappa shape index (κ2) is 9.05. The molecule has 76 valence electrons. The minimum absolute atomic E-state index is 0. The summed E-state index contributed by atoms with van der Waals surface area (Å²) in [4.78, 5) is 0. The molecule has 1 saturated carbocycles. The average Bonchev–Trinajstić information content (AvgIpc) is 2.54. The van der Waals surface area contributed by atoms with Gasteiger partial charge in [0.1, 0.15) is 0 Å². The molecule has 1 aliphatic carbocycles. The molecule has 1 fully saturated rings. The second-order valence-electron chi connectivity index (χ2n) is 3.10. The number of nitrogens with two attached hydrogens (primary N) is 1. The van der Waals surface area contributed by atoms with E-state index in [1.807, 2.05) is 13.8 Å². The molecule has 0 saturated heterocycles. The van der Waals surface area contributed by atoms with E-state index in [0.29, 0.717) is 0 Å². The molecule has 0 amide bonds. The van der Waals surface area contributed by atoms with Crippen molar-refractivity contribution in [1.29, 1.82) is 0 Å². The Hall–Kier alpha value is -0.0400. The summed E-state index contributed by atoms with van der Waals surface area (Å²) >= 11 is 0. The fourth-order valence-corrected chi connectivity index (χ4v) is 1.96. The van der Waals surface area contributed by atoms with Crippen LogP contribution in [0.5, 0.6) is 0 Å². The molecule has 0 heterocycles. The summed E-state index contributed by atoms with van der Waals surface area (Å²) in [6, 6.07) is 0. The van der Waals surface area contributed by atoms with Crippen molar-refractivity contribution >= 4 is 0 Å². The molecule has 0 radical (unpaired) electrons. The van der Waals surface area contributed by atoms with Crippen LogP contribution in [-0.2, 0) is 0 Å². The monoisotopic (exact) mass is 173 g/mol. The SMILES string of the molecule is C.CC.CCC1CCCC1CN. The highest BCUT2D eigenvalue weighted by molar-refractivity contribution is 4.76. The summed E-state index contributed by atoms with van der Waals surface area (Å²) < 4.78 is 0. The van der Waals surface area contributed by atoms with Crippen LogP contribution >= 0.6 is 0 Å². The minimum atomic E-state index is 0. The van der Waals surface area contributed by atoms with Crippen molar-refractivity contribution < 1.29 is 0 Å². The molecule has 0 aliphatic heterocycles. The van der Waals surface area contributed by atoms with Crippen molar-refractivity contribution in [2.75, 3.05) is 6.54 Å². The van der Waals surface area contributed by atoms with Gasteiger partial charge >= 0.3 is 0 Å². The summed E-state index contributed by atoms with van der Waals surface area (Å²) in [6.07, 6.45) is 5.57. The highest BCUT2D eigenvalue weighted by atomic mass is 14.6. The molecule has 0 bridgehead atoms. The van der Waals surface area contributed by atoms with Gasteiger partial charge in [-0.1, -0.05) is 47.5 Å². The smallest absolute Gasteiger partial charge is 0.00462 e. The molecule has 2 atom stereocenters. The summed E-state index contributed by atoms with van der Waals surface area (Å²) in [5, 5.41) is 0. The Morgan fingerprint density at radius 1 is 1.17 bits per heavy atom. The zero-order valence-corrected chi connectivity index (χ0v) is 8.27. The average molecular weight is 173 g/mol. The van der Waals surface area contributed by atoms with Gasteiger partial charge in [-0.2, -0.15) is 0 Å². The fraction of sp³-hybridized carbons (Fsp3) is 1.00. The van der Waals surface area contributed by atoms with Crippen LogP contribution in [0, 0.1) is 11.8 Å². The predicted molar refractivity (Wildman–Crippen MR) is 58.3 cm³/mol. The lowest BCUT2D eigenvalue weighted by Crippen LogP contribution is -2.17. The van der Waals surface area contributed by atoms with Crippen LogP contribution in [0.1, 0.15) is 53.9 Å². The molecule has 0 aromatic heterocycles. The van der Waals surface area contributed by atoms with Crippen molar-refractivity contribution in [2.24, 2.45) is 17.6 Å². The molecular weight excluding hydrogens is 146 g/mol. The Kier molecular flexibility index (Phi) is 10.9. The highest BCUT2D eigenvalue weighted by Gasteiger charge is 2.23. The van der Waals surface area contributed by atoms with Crippen LogP contribution < -0.4 is 5.73 Å². The van der Waals surface area contributed by atoms with Crippen LogP contribution in [0.4, 0.5) is 0 Å². The zero-order valence-electron chi connectivity index (χ0n) is 8.27. The summed E-state index contributed by atoms with van der Waals surface area (Å²) in [5.41, 5.74) is 5.60. The van der Waals surface area contributed by atoms with Crippen LogP contribution in [0.25, 0.3) is 0 Å². The lowest BCUT2D eigenvalue weighted by molar-refractivity contribution is 0.385. The van der Waals surface area contributed by atoms with E-state index in [1.165, 1.54) is 25.7 Å². The lowest BCUT2D eigenvalue weighted by Gasteiger charge is -2.14. The minimum Gasteiger partial charge on any atom is -0.330 e. The van der Waals surface area contributed by atoms with Gasteiger partial charge in [-0.05, 0) is 24.8 Å². The maximum atomic E-state index is 5.60.